The fourth-order valence-electron chi connectivity index (χ4n) is 3.02. The minimum atomic E-state index is -4.01. The van der Waals surface area contributed by atoms with Crippen LogP contribution in [-0.4, -0.2) is 27.5 Å². The van der Waals surface area contributed by atoms with Crippen molar-refractivity contribution in [3.8, 4) is 5.75 Å². The molecular formula is C23H23ClN2O4S. The number of rotatable bonds is 9. The Labute approximate surface area is 187 Å². The van der Waals surface area contributed by atoms with E-state index in [-0.39, 0.29) is 16.3 Å². The number of amides is 1. The maximum absolute atomic E-state index is 13.0. The maximum atomic E-state index is 13.0. The lowest BCUT2D eigenvalue weighted by atomic mass is 10.1. The smallest absolute Gasteiger partial charge is 0.241 e. The lowest BCUT2D eigenvalue weighted by molar-refractivity contribution is -0.122. The van der Waals surface area contributed by atoms with Crippen molar-refractivity contribution in [2.24, 2.45) is 0 Å². The van der Waals surface area contributed by atoms with Gasteiger partial charge < -0.3 is 10.1 Å². The molecule has 8 heteroatoms. The first kappa shape index (κ1) is 22.8. The summed E-state index contributed by atoms with van der Waals surface area (Å²) >= 11 is 6.09. The van der Waals surface area contributed by atoms with E-state index in [1.165, 1.54) is 25.3 Å². The number of sulfonamides is 1. The van der Waals surface area contributed by atoms with Crippen molar-refractivity contribution < 1.29 is 17.9 Å². The van der Waals surface area contributed by atoms with Crippen LogP contribution in [-0.2, 0) is 27.8 Å². The summed E-state index contributed by atoms with van der Waals surface area (Å²) in [6.45, 7) is 0.293. The summed E-state index contributed by atoms with van der Waals surface area (Å²) < 4.78 is 33.5. The summed E-state index contributed by atoms with van der Waals surface area (Å²) in [6.07, 6.45) is 0.199. The molecule has 0 spiro atoms. The minimum absolute atomic E-state index is 0.0489. The molecule has 3 aromatic carbocycles. The normalized spacial score (nSPS) is 12.2. The predicted molar refractivity (Wildman–Crippen MR) is 121 cm³/mol. The van der Waals surface area contributed by atoms with Crippen molar-refractivity contribution >= 4 is 27.5 Å². The Hall–Kier alpha value is -2.87. The summed E-state index contributed by atoms with van der Waals surface area (Å²) in [5, 5.41) is 2.98. The summed E-state index contributed by atoms with van der Waals surface area (Å²) in [6, 6.07) is 21.8. The standard InChI is InChI=1S/C23H23ClN2O4S/c1-30-22-13-12-19(15-20(22)24)31(28,29)26-21(14-17-8-4-2-5-9-17)23(27)25-16-18-10-6-3-7-11-18/h2-13,15,21,26H,14,16H2,1H3,(H,25,27). The number of hydrogen-bond donors (Lipinski definition) is 2. The van der Waals surface area contributed by atoms with Gasteiger partial charge in [-0.15, -0.1) is 0 Å². The van der Waals surface area contributed by atoms with Crippen LogP contribution in [0.5, 0.6) is 5.75 Å². The fraction of sp³-hybridized carbons (Fsp3) is 0.174. The molecule has 0 aliphatic carbocycles. The van der Waals surface area contributed by atoms with E-state index in [2.05, 4.69) is 10.0 Å². The Morgan fingerprint density at radius 2 is 1.58 bits per heavy atom. The lowest BCUT2D eigenvalue weighted by Crippen LogP contribution is -2.47. The number of nitrogens with one attached hydrogen (secondary N) is 2. The third-order valence-electron chi connectivity index (χ3n) is 4.64. The molecule has 0 saturated carbocycles. The molecule has 3 rings (SSSR count). The number of hydrogen-bond acceptors (Lipinski definition) is 4. The van der Waals surface area contributed by atoms with Gasteiger partial charge in [0.2, 0.25) is 15.9 Å². The van der Waals surface area contributed by atoms with E-state index in [9.17, 15) is 13.2 Å². The minimum Gasteiger partial charge on any atom is -0.495 e. The van der Waals surface area contributed by atoms with E-state index in [0.29, 0.717) is 12.3 Å². The number of methoxy groups -OCH3 is 1. The molecule has 0 aliphatic rings. The Kier molecular flexibility index (Phi) is 7.68. The van der Waals surface area contributed by atoms with Gasteiger partial charge in [0.15, 0.2) is 0 Å². The fourth-order valence-corrected chi connectivity index (χ4v) is 4.56. The Bertz CT molecular complexity index is 1120. The summed E-state index contributed by atoms with van der Waals surface area (Å²) in [7, 11) is -2.56. The van der Waals surface area contributed by atoms with Crippen LogP contribution in [0.15, 0.2) is 83.8 Å². The van der Waals surface area contributed by atoms with Gasteiger partial charge in [-0.3, -0.25) is 4.79 Å². The van der Waals surface area contributed by atoms with Crippen LogP contribution in [0.4, 0.5) is 0 Å². The summed E-state index contributed by atoms with van der Waals surface area (Å²) in [5.74, 6) is -0.0575. The Morgan fingerprint density at radius 1 is 0.968 bits per heavy atom. The third-order valence-corrected chi connectivity index (χ3v) is 6.40. The molecule has 0 aliphatic heterocycles. The van der Waals surface area contributed by atoms with Gasteiger partial charge in [-0.25, -0.2) is 8.42 Å². The molecule has 162 valence electrons. The maximum Gasteiger partial charge on any atom is 0.241 e. The van der Waals surface area contributed by atoms with Crippen LogP contribution in [0.3, 0.4) is 0 Å². The van der Waals surface area contributed by atoms with Crippen LogP contribution < -0.4 is 14.8 Å². The zero-order chi connectivity index (χ0) is 22.3. The Morgan fingerprint density at radius 3 is 2.16 bits per heavy atom. The van der Waals surface area contributed by atoms with E-state index in [0.717, 1.165) is 11.1 Å². The van der Waals surface area contributed by atoms with Gasteiger partial charge in [-0.2, -0.15) is 4.72 Å². The largest absolute Gasteiger partial charge is 0.495 e. The van der Waals surface area contributed by atoms with Gasteiger partial charge in [-0.05, 0) is 35.7 Å². The van der Waals surface area contributed by atoms with Gasteiger partial charge in [-0.1, -0.05) is 72.3 Å². The highest BCUT2D eigenvalue weighted by atomic mass is 35.5. The number of benzene rings is 3. The predicted octanol–water partition coefficient (Wildman–Crippen LogP) is 3.55. The highest BCUT2D eigenvalue weighted by molar-refractivity contribution is 7.89. The van der Waals surface area contributed by atoms with Crippen LogP contribution in [0.2, 0.25) is 5.02 Å². The highest BCUT2D eigenvalue weighted by Gasteiger charge is 2.26. The van der Waals surface area contributed by atoms with E-state index in [1.807, 2.05) is 60.7 Å². The number of ether oxygens (including phenoxy) is 1. The molecule has 0 radical (unpaired) electrons. The van der Waals surface area contributed by atoms with E-state index < -0.39 is 22.0 Å². The zero-order valence-electron chi connectivity index (χ0n) is 16.9. The van der Waals surface area contributed by atoms with Crippen LogP contribution >= 0.6 is 11.6 Å². The van der Waals surface area contributed by atoms with Crippen molar-refractivity contribution in [2.75, 3.05) is 7.11 Å². The number of carbonyl (C=O) groups is 1. The van der Waals surface area contributed by atoms with Gasteiger partial charge >= 0.3 is 0 Å². The second kappa shape index (κ2) is 10.4. The average molecular weight is 459 g/mol. The third kappa shape index (κ3) is 6.30. The summed E-state index contributed by atoms with van der Waals surface area (Å²) in [5.41, 5.74) is 1.75. The molecule has 0 fully saturated rings. The van der Waals surface area contributed by atoms with Gasteiger partial charge in [0, 0.05) is 6.54 Å². The molecule has 2 N–H and O–H groups in total. The van der Waals surface area contributed by atoms with Crippen molar-refractivity contribution in [3.63, 3.8) is 0 Å². The van der Waals surface area contributed by atoms with Crippen LogP contribution in [0, 0.1) is 0 Å². The van der Waals surface area contributed by atoms with Gasteiger partial charge in [0.1, 0.15) is 11.8 Å². The van der Waals surface area contributed by atoms with E-state index in [4.69, 9.17) is 16.3 Å². The molecule has 6 nitrogen and oxygen atoms in total. The quantitative estimate of drug-likeness (QED) is 0.513. The molecule has 0 heterocycles. The van der Waals surface area contributed by atoms with Gasteiger partial charge in [0.25, 0.3) is 0 Å². The molecular weight excluding hydrogens is 436 g/mol. The molecule has 3 aromatic rings. The topological polar surface area (TPSA) is 84.5 Å². The van der Waals surface area contributed by atoms with Gasteiger partial charge in [0.05, 0.1) is 17.0 Å². The van der Waals surface area contributed by atoms with Crippen LogP contribution in [0.25, 0.3) is 0 Å². The molecule has 0 saturated heterocycles. The van der Waals surface area contributed by atoms with E-state index in [1.54, 1.807) is 0 Å². The second-order valence-electron chi connectivity index (χ2n) is 6.86. The van der Waals surface area contributed by atoms with E-state index >= 15 is 0 Å². The number of halogens is 1. The van der Waals surface area contributed by atoms with Crippen molar-refractivity contribution in [1.82, 2.24) is 10.0 Å². The van der Waals surface area contributed by atoms with Crippen LogP contribution in [0.1, 0.15) is 11.1 Å². The number of carbonyl (C=O) groups excluding carboxylic acids is 1. The zero-order valence-corrected chi connectivity index (χ0v) is 18.5. The first-order chi connectivity index (χ1) is 14.9. The monoisotopic (exact) mass is 458 g/mol. The van der Waals surface area contributed by atoms with Crippen molar-refractivity contribution in [2.45, 2.75) is 23.9 Å². The molecule has 31 heavy (non-hydrogen) atoms. The molecule has 1 unspecified atom stereocenters. The van der Waals surface area contributed by atoms with Crippen molar-refractivity contribution in [1.29, 1.82) is 0 Å². The Balaban J connectivity index is 1.81. The highest BCUT2D eigenvalue weighted by Crippen LogP contribution is 2.27. The van der Waals surface area contributed by atoms with Crippen molar-refractivity contribution in [3.05, 3.63) is 95.0 Å². The molecule has 0 bridgehead atoms. The average Bonchev–Trinajstić information content (AvgIpc) is 2.78. The second-order valence-corrected chi connectivity index (χ2v) is 8.98. The first-order valence-corrected chi connectivity index (χ1v) is 11.5. The molecule has 1 atom stereocenters. The molecule has 0 aromatic heterocycles. The lowest BCUT2D eigenvalue weighted by Gasteiger charge is -2.19. The molecule has 1 amide bonds. The first-order valence-electron chi connectivity index (χ1n) is 9.60. The summed E-state index contributed by atoms with van der Waals surface area (Å²) in [4.78, 5) is 12.9. The SMILES string of the molecule is COc1ccc(S(=O)(=O)NC(Cc2ccccc2)C(=O)NCc2ccccc2)cc1Cl.